The maximum Gasteiger partial charge on any atom is 0.164 e. The lowest BCUT2D eigenvalue weighted by molar-refractivity contribution is 1.07. The molecule has 1 aromatic heterocycles. The summed E-state index contributed by atoms with van der Waals surface area (Å²) in [5, 5.41) is 4.10. The Morgan fingerprint density at radius 1 is 0.320 bits per heavy atom. The summed E-state index contributed by atoms with van der Waals surface area (Å²) in [4.78, 5) is 14.9. The number of nitrogens with zero attached hydrogens (tertiary/aromatic N) is 3. The summed E-state index contributed by atoms with van der Waals surface area (Å²) in [6, 6.07) is 53.6. The van der Waals surface area contributed by atoms with E-state index in [9.17, 15) is 1.37 Å². The second-order valence-corrected chi connectivity index (χ2v) is 12.2. The Hall–Kier alpha value is -6.71. The van der Waals surface area contributed by atoms with Crippen molar-refractivity contribution in [3.8, 4) is 67.5 Å². The van der Waals surface area contributed by atoms with E-state index >= 15 is 0 Å². The van der Waals surface area contributed by atoms with Gasteiger partial charge in [0.05, 0.1) is 5.48 Å². The maximum atomic E-state index is 9.20. The van der Waals surface area contributed by atoms with Crippen LogP contribution in [0.1, 0.15) is 5.48 Å². The first-order valence-electron chi connectivity index (χ1n) is 18.5. The van der Waals surface area contributed by atoms with Crippen LogP contribution >= 0.6 is 0 Å². The first kappa shape index (κ1) is 25.3. The molecule has 3 nitrogen and oxygen atoms in total. The number of hydrogen-bond acceptors (Lipinski definition) is 3. The summed E-state index contributed by atoms with van der Waals surface area (Å²) in [6.45, 7) is 0. The summed E-state index contributed by atoms with van der Waals surface area (Å²) in [5.41, 5.74) is 7.13. The van der Waals surface area contributed by atoms with Crippen LogP contribution in [-0.4, -0.2) is 15.0 Å². The summed E-state index contributed by atoms with van der Waals surface area (Å²) < 4.78 is 35.7. The van der Waals surface area contributed by atoms with Gasteiger partial charge in [0.15, 0.2) is 17.5 Å². The van der Waals surface area contributed by atoms with Crippen molar-refractivity contribution in [3.05, 3.63) is 188 Å². The molecule has 234 valence electrons. The zero-order valence-electron chi connectivity index (χ0n) is 30.9. The van der Waals surface area contributed by atoms with Crippen LogP contribution in [0.3, 0.4) is 0 Å². The summed E-state index contributed by atoms with van der Waals surface area (Å²) in [5.74, 6) is 0.960. The molecule has 0 N–H and O–H groups in total. The molecule has 0 aliphatic heterocycles. The van der Waals surface area contributed by atoms with E-state index in [-0.39, 0.29) is 35.6 Å². The Morgan fingerprint density at radius 2 is 0.840 bits per heavy atom. The molecule has 0 amide bonds. The standard InChI is InChI=1S/C47H31N3/c1-3-13-32(14-4-1)36-25-26-39-30-37(27-28-38(39)29-36)35-19-11-20-40(31-35)46-48-45(34-16-5-2-6-17-34)49-47(50-46)44-23-10-9-22-43(44)42-24-12-18-33-15-7-8-21-41(33)42/h1-31H/i9D,10D,22D,23D. The molecule has 3 heteroatoms. The zero-order valence-corrected chi connectivity index (χ0v) is 26.9. The highest BCUT2D eigenvalue weighted by Gasteiger charge is 2.17. The van der Waals surface area contributed by atoms with Gasteiger partial charge in [-0.2, -0.15) is 0 Å². The van der Waals surface area contributed by atoms with Crippen molar-refractivity contribution < 1.29 is 5.48 Å². The van der Waals surface area contributed by atoms with Crippen molar-refractivity contribution in [1.29, 1.82) is 0 Å². The van der Waals surface area contributed by atoms with Crippen molar-refractivity contribution in [1.82, 2.24) is 15.0 Å². The first-order chi connectivity index (χ1) is 26.4. The summed E-state index contributed by atoms with van der Waals surface area (Å²) in [7, 11) is 0. The lowest BCUT2D eigenvalue weighted by atomic mass is 9.94. The molecule has 9 rings (SSSR count). The van der Waals surface area contributed by atoms with Gasteiger partial charge in [0.25, 0.3) is 0 Å². The van der Waals surface area contributed by atoms with Gasteiger partial charge in [-0.1, -0.05) is 170 Å². The van der Waals surface area contributed by atoms with Crippen LogP contribution in [0.2, 0.25) is 0 Å². The van der Waals surface area contributed by atoms with Gasteiger partial charge in [0.1, 0.15) is 0 Å². The fraction of sp³-hybridized carbons (Fsp3) is 0. The quantitative estimate of drug-likeness (QED) is 0.181. The first-order valence-corrected chi connectivity index (χ1v) is 16.5. The van der Waals surface area contributed by atoms with E-state index in [0.717, 1.165) is 43.8 Å². The molecule has 9 aromatic rings. The Morgan fingerprint density at radius 3 is 1.60 bits per heavy atom. The topological polar surface area (TPSA) is 38.7 Å². The summed E-state index contributed by atoms with van der Waals surface area (Å²) in [6.07, 6.45) is 0. The van der Waals surface area contributed by atoms with E-state index in [2.05, 4.69) is 72.8 Å². The lowest BCUT2D eigenvalue weighted by Gasteiger charge is -2.14. The SMILES string of the molecule is [2H]c1c([2H])c([2H])c(-c2cccc3ccccc23)c(-c2nc(-c3ccccc3)nc(-c3cccc(-c4ccc5cc(-c6ccccc6)ccc5c4)c3)n2)c1[2H]. The van der Waals surface area contributed by atoms with Crippen molar-refractivity contribution in [2.75, 3.05) is 0 Å². The zero-order chi connectivity index (χ0) is 36.8. The van der Waals surface area contributed by atoms with Gasteiger partial charge in [0.2, 0.25) is 0 Å². The van der Waals surface area contributed by atoms with Crippen LogP contribution in [0.4, 0.5) is 0 Å². The fourth-order valence-electron chi connectivity index (χ4n) is 6.53. The minimum atomic E-state index is -0.351. The average Bonchev–Trinajstić information content (AvgIpc) is 3.24. The van der Waals surface area contributed by atoms with Crippen LogP contribution in [0, 0.1) is 0 Å². The van der Waals surface area contributed by atoms with E-state index in [1.54, 1.807) is 0 Å². The van der Waals surface area contributed by atoms with Crippen LogP contribution in [0.25, 0.3) is 89.1 Å². The Kier molecular flexibility index (Phi) is 6.44. The second-order valence-electron chi connectivity index (χ2n) is 12.2. The molecule has 0 atom stereocenters. The monoisotopic (exact) mass is 641 g/mol. The van der Waals surface area contributed by atoms with Crippen molar-refractivity contribution >= 4 is 21.5 Å². The molecule has 0 saturated heterocycles. The van der Waals surface area contributed by atoms with Gasteiger partial charge in [-0.15, -0.1) is 0 Å². The molecule has 0 radical (unpaired) electrons. The molecule has 0 saturated carbocycles. The number of benzene rings is 8. The highest BCUT2D eigenvalue weighted by Crippen LogP contribution is 2.37. The molecule has 0 spiro atoms. The van der Waals surface area contributed by atoms with Gasteiger partial charge < -0.3 is 0 Å². The smallest absolute Gasteiger partial charge is 0.164 e. The minimum absolute atomic E-state index is 0.153. The maximum absolute atomic E-state index is 9.20. The third-order valence-corrected chi connectivity index (χ3v) is 9.04. The molecule has 8 aromatic carbocycles. The molecule has 0 aliphatic carbocycles. The second kappa shape index (κ2) is 12.7. The Labute approximate surface area is 296 Å². The Bertz CT molecular complexity index is 2870. The molecule has 0 unspecified atom stereocenters. The molecule has 50 heavy (non-hydrogen) atoms. The van der Waals surface area contributed by atoms with E-state index in [1.165, 1.54) is 11.1 Å². The van der Waals surface area contributed by atoms with Gasteiger partial charge in [-0.3, -0.25) is 0 Å². The van der Waals surface area contributed by atoms with Crippen molar-refractivity contribution in [2.24, 2.45) is 0 Å². The van der Waals surface area contributed by atoms with Gasteiger partial charge in [-0.05, 0) is 73.1 Å². The van der Waals surface area contributed by atoms with E-state index in [4.69, 9.17) is 19.1 Å². The van der Waals surface area contributed by atoms with Crippen LogP contribution in [-0.2, 0) is 0 Å². The van der Waals surface area contributed by atoms with Crippen LogP contribution in [0.15, 0.2) is 188 Å². The van der Waals surface area contributed by atoms with Crippen LogP contribution in [0.5, 0.6) is 0 Å². The largest absolute Gasteiger partial charge is 0.208 e. The third-order valence-electron chi connectivity index (χ3n) is 9.04. The van der Waals surface area contributed by atoms with E-state index in [1.807, 2.05) is 91.0 Å². The minimum Gasteiger partial charge on any atom is -0.208 e. The fourth-order valence-corrected chi connectivity index (χ4v) is 6.53. The van der Waals surface area contributed by atoms with Crippen molar-refractivity contribution in [2.45, 2.75) is 0 Å². The molecule has 0 bridgehead atoms. The van der Waals surface area contributed by atoms with E-state index < -0.39 is 0 Å². The van der Waals surface area contributed by atoms with E-state index in [0.29, 0.717) is 22.8 Å². The lowest BCUT2D eigenvalue weighted by Crippen LogP contribution is -2.01. The third kappa shape index (κ3) is 5.61. The van der Waals surface area contributed by atoms with Gasteiger partial charge in [-0.25, -0.2) is 15.0 Å². The predicted molar refractivity (Wildman–Crippen MR) is 207 cm³/mol. The molecule has 0 fully saturated rings. The number of hydrogen-bond donors (Lipinski definition) is 0. The normalized spacial score (nSPS) is 12.3. The molecular formula is C47H31N3. The Balaban J connectivity index is 1.21. The van der Waals surface area contributed by atoms with Crippen LogP contribution < -0.4 is 0 Å². The predicted octanol–water partition coefficient (Wildman–Crippen LogP) is 12.2. The number of aromatic nitrogens is 3. The molecule has 0 aliphatic rings. The highest BCUT2D eigenvalue weighted by molar-refractivity contribution is 6.00. The summed E-state index contributed by atoms with van der Waals surface area (Å²) >= 11 is 0. The number of fused-ring (bicyclic) bond motifs is 2. The van der Waals surface area contributed by atoms with Gasteiger partial charge >= 0.3 is 0 Å². The average molecular weight is 642 g/mol. The van der Waals surface area contributed by atoms with Gasteiger partial charge in [0, 0.05) is 16.7 Å². The molecular weight excluding hydrogens is 607 g/mol. The number of rotatable bonds is 6. The van der Waals surface area contributed by atoms with Crippen molar-refractivity contribution in [3.63, 3.8) is 0 Å². The highest BCUT2D eigenvalue weighted by atomic mass is 15.0. The molecule has 1 heterocycles.